The van der Waals surface area contributed by atoms with Crippen LogP contribution in [0.25, 0.3) is 0 Å². The Hall–Kier alpha value is -1.95. The topological polar surface area (TPSA) is 82.0 Å². The molecule has 2 aliphatic heterocycles. The average Bonchev–Trinajstić information content (AvgIpc) is 2.70. The van der Waals surface area contributed by atoms with Gasteiger partial charge < -0.3 is 25.2 Å². The van der Waals surface area contributed by atoms with Crippen LogP contribution in [0.5, 0.6) is 11.5 Å². The molecule has 1 fully saturated rings. The molecule has 6 heteroatoms. The molecule has 3 N–H and O–H groups in total. The molecule has 2 atom stereocenters. The second-order valence-corrected chi connectivity index (χ2v) is 4.87. The van der Waals surface area contributed by atoms with Crippen molar-refractivity contribution in [1.29, 1.82) is 0 Å². The zero-order chi connectivity index (χ0) is 13.6. The lowest BCUT2D eigenvalue weighted by Crippen LogP contribution is -2.42. The van der Waals surface area contributed by atoms with Crippen molar-refractivity contribution in [3.05, 3.63) is 17.7 Å². The van der Waals surface area contributed by atoms with Gasteiger partial charge in [-0.3, -0.25) is 4.79 Å². The van der Waals surface area contributed by atoms with E-state index in [-0.39, 0.29) is 23.4 Å². The van der Waals surface area contributed by atoms with Crippen LogP contribution in [0.2, 0.25) is 0 Å². The highest BCUT2D eigenvalue weighted by Gasteiger charge is 2.39. The molecule has 0 spiro atoms. The Bertz CT molecular complexity index is 532. The maximum absolute atomic E-state index is 12.5. The van der Waals surface area contributed by atoms with Crippen LogP contribution in [0.15, 0.2) is 12.1 Å². The molecule has 3 rings (SSSR count). The molecule has 102 valence electrons. The number of aliphatic hydroxyl groups excluding tert-OH is 1. The maximum Gasteiger partial charge on any atom is 0.258 e. The fourth-order valence-corrected chi connectivity index (χ4v) is 2.79. The molecule has 0 radical (unpaired) electrons. The van der Waals surface area contributed by atoms with Crippen molar-refractivity contribution in [3.8, 4) is 11.5 Å². The van der Waals surface area contributed by atoms with Crippen molar-refractivity contribution in [1.82, 2.24) is 4.90 Å². The molecule has 2 heterocycles. The molecule has 0 aliphatic carbocycles. The summed E-state index contributed by atoms with van der Waals surface area (Å²) in [6.07, 6.45) is 0.643. The lowest BCUT2D eigenvalue weighted by Gasteiger charge is -2.25. The van der Waals surface area contributed by atoms with Crippen LogP contribution in [-0.2, 0) is 0 Å². The summed E-state index contributed by atoms with van der Waals surface area (Å²) in [4.78, 5) is 14.0. The van der Waals surface area contributed by atoms with Crippen LogP contribution in [-0.4, -0.2) is 46.9 Å². The van der Waals surface area contributed by atoms with Gasteiger partial charge in [-0.15, -0.1) is 0 Å². The number of methoxy groups -OCH3 is 1. The summed E-state index contributed by atoms with van der Waals surface area (Å²) >= 11 is 0. The molecule has 19 heavy (non-hydrogen) atoms. The van der Waals surface area contributed by atoms with E-state index < -0.39 is 6.23 Å². The Morgan fingerprint density at radius 1 is 1.42 bits per heavy atom. The van der Waals surface area contributed by atoms with E-state index in [0.29, 0.717) is 24.2 Å². The van der Waals surface area contributed by atoms with Crippen LogP contribution in [0, 0.1) is 0 Å². The normalized spacial score (nSPS) is 25.4. The van der Waals surface area contributed by atoms with Gasteiger partial charge in [0.25, 0.3) is 5.91 Å². The lowest BCUT2D eigenvalue weighted by molar-refractivity contribution is 0.0190. The standard InChI is InChI=1S/C13H16N2O4/c1-19-11-4-8-9(5-10(11)16)14-6-7-2-3-12(17)15(7)13(8)18/h4-5,7,12,14,16-17H,2-3,6H2,1H3/t7-,12+/m0/s1. The number of hydrogen-bond donors (Lipinski definition) is 3. The fourth-order valence-electron chi connectivity index (χ4n) is 2.79. The van der Waals surface area contributed by atoms with Crippen molar-refractivity contribution in [2.45, 2.75) is 25.1 Å². The average molecular weight is 264 g/mol. The first-order chi connectivity index (χ1) is 9.11. The number of anilines is 1. The highest BCUT2D eigenvalue weighted by Crippen LogP contribution is 2.37. The lowest BCUT2D eigenvalue weighted by atomic mass is 10.1. The molecule has 0 aromatic heterocycles. The van der Waals surface area contributed by atoms with Crippen LogP contribution >= 0.6 is 0 Å². The Balaban J connectivity index is 2.07. The molecule has 1 aromatic rings. The zero-order valence-corrected chi connectivity index (χ0v) is 10.6. The Morgan fingerprint density at radius 3 is 2.95 bits per heavy atom. The molecule has 0 unspecified atom stereocenters. The van der Waals surface area contributed by atoms with E-state index in [0.717, 1.165) is 6.42 Å². The summed E-state index contributed by atoms with van der Waals surface area (Å²) in [7, 11) is 1.43. The number of carbonyl (C=O) groups excluding carboxylic acids is 1. The summed E-state index contributed by atoms with van der Waals surface area (Å²) in [5, 5.41) is 22.8. The first kappa shape index (κ1) is 12.1. The number of nitrogens with one attached hydrogen (secondary N) is 1. The number of phenolic OH excluding ortho intramolecular Hbond substituents is 1. The van der Waals surface area contributed by atoms with Crippen molar-refractivity contribution < 1.29 is 19.7 Å². The van der Waals surface area contributed by atoms with Gasteiger partial charge in [0.2, 0.25) is 0 Å². The summed E-state index contributed by atoms with van der Waals surface area (Å²) < 4.78 is 5.03. The molecular weight excluding hydrogens is 248 g/mol. The zero-order valence-electron chi connectivity index (χ0n) is 10.6. The minimum atomic E-state index is -0.731. The number of aliphatic hydroxyl groups is 1. The van der Waals surface area contributed by atoms with Gasteiger partial charge in [-0.25, -0.2) is 0 Å². The largest absolute Gasteiger partial charge is 0.504 e. The number of rotatable bonds is 1. The van der Waals surface area contributed by atoms with Gasteiger partial charge in [0.1, 0.15) is 6.23 Å². The van der Waals surface area contributed by atoms with E-state index in [2.05, 4.69) is 5.32 Å². The van der Waals surface area contributed by atoms with E-state index in [4.69, 9.17) is 4.74 Å². The van der Waals surface area contributed by atoms with Crippen LogP contribution in [0.3, 0.4) is 0 Å². The van der Waals surface area contributed by atoms with Crippen LogP contribution in [0.4, 0.5) is 5.69 Å². The van der Waals surface area contributed by atoms with Gasteiger partial charge in [-0.05, 0) is 18.9 Å². The summed E-state index contributed by atoms with van der Waals surface area (Å²) in [5.74, 6) is 0.0125. The van der Waals surface area contributed by atoms with Crippen LogP contribution < -0.4 is 10.1 Å². The van der Waals surface area contributed by atoms with Gasteiger partial charge in [0.15, 0.2) is 11.5 Å². The molecule has 2 aliphatic rings. The molecular formula is C13H16N2O4. The van der Waals surface area contributed by atoms with Crippen molar-refractivity contribution in [3.63, 3.8) is 0 Å². The molecule has 1 amide bonds. The van der Waals surface area contributed by atoms with E-state index in [1.54, 1.807) is 0 Å². The van der Waals surface area contributed by atoms with Crippen LogP contribution in [0.1, 0.15) is 23.2 Å². The van der Waals surface area contributed by atoms with E-state index in [1.165, 1.54) is 24.1 Å². The Labute approximate surface area is 110 Å². The highest BCUT2D eigenvalue weighted by molar-refractivity contribution is 6.01. The van der Waals surface area contributed by atoms with Gasteiger partial charge in [-0.1, -0.05) is 0 Å². The third-order valence-corrected chi connectivity index (χ3v) is 3.78. The molecule has 1 saturated heterocycles. The second kappa shape index (κ2) is 4.31. The third kappa shape index (κ3) is 1.79. The number of nitrogens with zero attached hydrogens (tertiary/aromatic N) is 1. The number of carbonyl (C=O) groups is 1. The van der Waals surface area contributed by atoms with E-state index in [1.807, 2.05) is 0 Å². The molecule has 6 nitrogen and oxygen atoms in total. The quantitative estimate of drug-likeness (QED) is 0.697. The van der Waals surface area contributed by atoms with Gasteiger partial charge in [-0.2, -0.15) is 0 Å². The number of fused-ring (bicyclic) bond motifs is 2. The second-order valence-electron chi connectivity index (χ2n) is 4.87. The van der Waals surface area contributed by atoms with Crippen molar-refractivity contribution >= 4 is 11.6 Å². The minimum absolute atomic E-state index is 0.0100. The SMILES string of the molecule is COc1cc2c(cc1O)NC[C@@H]1CC[C@@H](O)N1C2=O. The van der Waals surface area contributed by atoms with E-state index in [9.17, 15) is 15.0 Å². The first-order valence-electron chi connectivity index (χ1n) is 6.27. The molecule has 1 aromatic carbocycles. The highest BCUT2D eigenvalue weighted by atomic mass is 16.5. The number of phenols is 1. The summed E-state index contributed by atoms with van der Waals surface area (Å²) in [6.45, 7) is 0.571. The number of amides is 1. The predicted molar refractivity (Wildman–Crippen MR) is 68.3 cm³/mol. The summed E-state index contributed by atoms with van der Waals surface area (Å²) in [6, 6.07) is 2.98. The first-order valence-corrected chi connectivity index (χ1v) is 6.27. The monoisotopic (exact) mass is 264 g/mol. The number of aromatic hydroxyl groups is 1. The minimum Gasteiger partial charge on any atom is -0.504 e. The molecule has 0 saturated carbocycles. The number of hydrogen-bond acceptors (Lipinski definition) is 5. The van der Waals surface area contributed by atoms with Crippen molar-refractivity contribution in [2.24, 2.45) is 0 Å². The van der Waals surface area contributed by atoms with Crippen molar-refractivity contribution in [2.75, 3.05) is 19.0 Å². The third-order valence-electron chi connectivity index (χ3n) is 3.78. The maximum atomic E-state index is 12.5. The number of benzene rings is 1. The van der Waals surface area contributed by atoms with E-state index >= 15 is 0 Å². The smallest absolute Gasteiger partial charge is 0.258 e. The van der Waals surface area contributed by atoms with Gasteiger partial charge >= 0.3 is 0 Å². The Kier molecular flexibility index (Phi) is 2.74. The summed E-state index contributed by atoms with van der Waals surface area (Å²) in [5.41, 5.74) is 0.989. The Morgan fingerprint density at radius 2 is 2.21 bits per heavy atom. The fraction of sp³-hybridized carbons (Fsp3) is 0.462. The van der Waals surface area contributed by atoms with Gasteiger partial charge in [0.05, 0.1) is 24.4 Å². The number of ether oxygens (including phenoxy) is 1. The predicted octanol–water partition coefficient (Wildman–Crippen LogP) is 0.749. The molecule has 0 bridgehead atoms. The van der Waals surface area contributed by atoms with Gasteiger partial charge in [0, 0.05) is 12.6 Å².